The molecule has 0 fully saturated rings. The van der Waals surface area contributed by atoms with Crippen molar-refractivity contribution < 1.29 is 14.3 Å². The Bertz CT molecular complexity index is 433. The van der Waals surface area contributed by atoms with Crippen molar-refractivity contribution in [2.45, 2.75) is 39.8 Å². The number of nitrogens with zero attached hydrogens (tertiary/aromatic N) is 1. The Labute approximate surface area is 115 Å². The van der Waals surface area contributed by atoms with Crippen molar-refractivity contribution in [2.75, 3.05) is 14.2 Å². The molecular formula is C15H23NO3. The first-order valence-corrected chi connectivity index (χ1v) is 6.47. The van der Waals surface area contributed by atoms with Gasteiger partial charge in [0.15, 0.2) is 11.5 Å². The predicted octanol–water partition coefficient (Wildman–Crippen LogP) is 2.96. The fourth-order valence-electron chi connectivity index (χ4n) is 2.26. The van der Waals surface area contributed by atoms with E-state index in [2.05, 4.69) is 0 Å². The molecule has 1 rings (SSSR count). The lowest BCUT2D eigenvalue weighted by atomic mass is 10.1. The molecule has 0 radical (unpaired) electrons. The van der Waals surface area contributed by atoms with Crippen LogP contribution in [0, 0.1) is 0 Å². The van der Waals surface area contributed by atoms with Crippen molar-refractivity contribution in [2.24, 2.45) is 0 Å². The third kappa shape index (κ3) is 3.19. The Kier molecular flexibility index (Phi) is 5.21. The van der Waals surface area contributed by atoms with E-state index >= 15 is 0 Å². The Balaban J connectivity index is 3.25. The van der Waals surface area contributed by atoms with Crippen LogP contribution in [-0.4, -0.2) is 37.1 Å². The van der Waals surface area contributed by atoms with Gasteiger partial charge in [-0.1, -0.05) is 6.07 Å². The summed E-state index contributed by atoms with van der Waals surface area (Å²) in [7, 11) is 3.11. The van der Waals surface area contributed by atoms with Gasteiger partial charge in [-0.25, -0.2) is 0 Å². The van der Waals surface area contributed by atoms with Gasteiger partial charge < -0.3 is 14.4 Å². The number of hydrogen-bond acceptors (Lipinski definition) is 3. The third-order valence-corrected chi connectivity index (χ3v) is 2.98. The average molecular weight is 265 g/mol. The summed E-state index contributed by atoms with van der Waals surface area (Å²) in [5, 5.41) is 0. The minimum atomic E-state index is -0.0410. The second-order valence-electron chi connectivity index (χ2n) is 4.94. The van der Waals surface area contributed by atoms with E-state index in [-0.39, 0.29) is 18.0 Å². The zero-order valence-corrected chi connectivity index (χ0v) is 12.6. The van der Waals surface area contributed by atoms with Gasteiger partial charge >= 0.3 is 0 Å². The van der Waals surface area contributed by atoms with Crippen molar-refractivity contribution in [3.8, 4) is 11.5 Å². The van der Waals surface area contributed by atoms with Gasteiger partial charge in [0.25, 0.3) is 5.91 Å². The Morgan fingerprint density at radius 3 is 2.05 bits per heavy atom. The van der Waals surface area contributed by atoms with Crippen LogP contribution in [0.3, 0.4) is 0 Å². The fourth-order valence-corrected chi connectivity index (χ4v) is 2.26. The summed E-state index contributed by atoms with van der Waals surface area (Å²) >= 11 is 0. The molecule has 0 atom stereocenters. The number of hydrogen-bond donors (Lipinski definition) is 0. The van der Waals surface area contributed by atoms with Gasteiger partial charge in [0.2, 0.25) is 0 Å². The van der Waals surface area contributed by atoms with E-state index in [1.807, 2.05) is 32.6 Å². The number of rotatable bonds is 5. The highest BCUT2D eigenvalue weighted by Crippen LogP contribution is 2.32. The number of amides is 1. The summed E-state index contributed by atoms with van der Waals surface area (Å²) in [6.45, 7) is 8.02. The molecule has 0 heterocycles. The van der Waals surface area contributed by atoms with E-state index in [1.165, 1.54) is 0 Å². The maximum atomic E-state index is 12.7. The molecule has 1 aromatic carbocycles. The summed E-state index contributed by atoms with van der Waals surface area (Å²) < 4.78 is 10.6. The van der Waals surface area contributed by atoms with Crippen molar-refractivity contribution in [3.05, 3.63) is 23.8 Å². The molecule has 0 spiro atoms. The molecular weight excluding hydrogens is 242 g/mol. The van der Waals surface area contributed by atoms with Crippen molar-refractivity contribution in [3.63, 3.8) is 0 Å². The topological polar surface area (TPSA) is 38.8 Å². The predicted molar refractivity (Wildman–Crippen MR) is 76.0 cm³/mol. The Morgan fingerprint density at radius 2 is 1.63 bits per heavy atom. The lowest BCUT2D eigenvalue weighted by molar-refractivity contribution is 0.0639. The van der Waals surface area contributed by atoms with Crippen molar-refractivity contribution in [1.29, 1.82) is 0 Å². The van der Waals surface area contributed by atoms with Crippen LogP contribution >= 0.6 is 0 Å². The zero-order chi connectivity index (χ0) is 14.6. The van der Waals surface area contributed by atoms with Crippen molar-refractivity contribution in [1.82, 2.24) is 4.90 Å². The van der Waals surface area contributed by atoms with Crippen molar-refractivity contribution >= 4 is 5.91 Å². The SMILES string of the molecule is COc1cccc(C(=O)N(C(C)C)C(C)C)c1OC. The number of benzene rings is 1. The van der Waals surface area contributed by atoms with E-state index in [1.54, 1.807) is 32.4 Å². The number of methoxy groups -OCH3 is 2. The molecule has 19 heavy (non-hydrogen) atoms. The highest BCUT2D eigenvalue weighted by Gasteiger charge is 2.25. The third-order valence-electron chi connectivity index (χ3n) is 2.98. The summed E-state index contributed by atoms with van der Waals surface area (Å²) in [5.41, 5.74) is 0.532. The second kappa shape index (κ2) is 6.45. The normalized spacial score (nSPS) is 10.7. The molecule has 1 amide bonds. The van der Waals surface area contributed by atoms with Crippen LogP contribution in [0.5, 0.6) is 11.5 Å². The highest BCUT2D eigenvalue weighted by atomic mass is 16.5. The molecule has 0 aromatic heterocycles. The first-order valence-electron chi connectivity index (χ1n) is 6.47. The smallest absolute Gasteiger partial charge is 0.258 e. The number of ether oxygens (including phenoxy) is 2. The Morgan fingerprint density at radius 1 is 1.05 bits per heavy atom. The minimum Gasteiger partial charge on any atom is -0.493 e. The highest BCUT2D eigenvalue weighted by molar-refractivity contribution is 5.98. The van der Waals surface area contributed by atoms with E-state index in [4.69, 9.17) is 9.47 Å². The summed E-state index contributed by atoms with van der Waals surface area (Å²) in [5.74, 6) is 1.02. The second-order valence-corrected chi connectivity index (χ2v) is 4.94. The summed E-state index contributed by atoms with van der Waals surface area (Å²) in [6.07, 6.45) is 0. The van der Waals surface area contributed by atoms with Crippen LogP contribution in [0.15, 0.2) is 18.2 Å². The lowest BCUT2D eigenvalue weighted by Crippen LogP contribution is -2.42. The molecule has 106 valence electrons. The van der Waals surface area contributed by atoms with Gasteiger partial charge in [-0.05, 0) is 39.8 Å². The first kappa shape index (κ1) is 15.3. The van der Waals surface area contributed by atoms with Gasteiger partial charge in [0, 0.05) is 12.1 Å². The molecule has 0 saturated carbocycles. The maximum absolute atomic E-state index is 12.7. The molecule has 0 aliphatic rings. The van der Waals surface area contributed by atoms with E-state index in [0.717, 1.165) is 0 Å². The van der Waals surface area contributed by atoms with Gasteiger partial charge in [0.05, 0.1) is 19.8 Å². The van der Waals surface area contributed by atoms with Gasteiger partial charge in [-0.3, -0.25) is 4.79 Å². The van der Waals surface area contributed by atoms with E-state index in [0.29, 0.717) is 17.1 Å². The van der Waals surface area contributed by atoms with Crippen LogP contribution in [-0.2, 0) is 0 Å². The fraction of sp³-hybridized carbons (Fsp3) is 0.533. The minimum absolute atomic E-state index is 0.0410. The summed E-state index contributed by atoms with van der Waals surface area (Å²) in [4.78, 5) is 14.5. The molecule has 0 bridgehead atoms. The van der Waals surface area contributed by atoms with Crippen LogP contribution in [0.2, 0.25) is 0 Å². The number of carbonyl (C=O) groups excluding carboxylic acids is 1. The van der Waals surface area contributed by atoms with Gasteiger partial charge in [0.1, 0.15) is 0 Å². The molecule has 0 saturated heterocycles. The maximum Gasteiger partial charge on any atom is 0.258 e. The monoisotopic (exact) mass is 265 g/mol. The molecule has 1 aromatic rings. The molecule has 0 N–H and O–H groups in total. The first-order chi connectivity index (χ1) is 8.93. The van der Waals surface area contributed by atoms with Gasteiger partial charge in [-0.2, -0.15) is 0 Å². The number of para-hydroxylation sites is 1. The zero-order valence-electron chi connectivity index (χ0n) is 12.6. The largest absolute Gasteiger partial charge is 0.493 e. The summed E-state index contributed by atoms with van der Waals surface area (Å²) in [6, 6.07) is 5.60. The van der Waals surface area contributed by atoms with Crippen LogP contribution in [0.25, 0.3) is 0 Å². The van der Waals surface area contributed by atoms with E-state index < -0.39 is 0 Å². The standard InChI is InChI=1S/C15H23NO3/c1-10(2)16(11(3)4)15(17)12-8-7-9-13(18-5)14(12)19-6/h7-11H,1-6H3. The average Bonchev–Trinajstić information content (AvgIpc) is 2.36. The molecule has 0 aliphatic carbocycles. The van der Waals surface area contributed by atoms with Crippen LogP contribution in [0.1, 0.15) is 38.1 Å². The quantitative estimate of drug-likeness (QED) is 0.821. The van der Waals surface area contributed by atoms with Gasteiger partial charge in [-0.15, -0.1) is 0 Å². The molecule has 0 aliphatic heterocycles. The van der Waals surface area contributed by atoms with Crippen LogP contribution in [0.4, 0.5) is 0 Å². The molecule has 4 heteroatoms. The lowest BCUT2D eigenvalue weighted by Gasteiger charge is -2.31. The molecule has 4 nitrogen and oxygen atoms in total. The van der Waals surface area contributed by atoms with E-state index in [9.17, 15) is 4.79 Å². The van der Waals surface area contributed by atoms with Crippen LogP contribution < -0.4 is 9.47 Å². The Hall–Kier alpha value is -1.71. The molecule has 0 unspecified atom stereocenters. The number of carbonyl (C=O) groups is 1.